The normalized spacial score (nSPS) is 21.5. The Morgan fingerprint density at radius 1 is 1.29 bits per heavy atom. The lowest BCUT2D eigenvalue weighted by Crippen LogP contribution is -2.57. The smallest absolute Gasteiger partial charge is 0.321 e. The summed E-state index contributed by atoms with van der Waals surface area (Å²) < 4.78 is 25.8. The van der Waals surface area contributed by atoms with Crippen molar-refractivity contribution in [2.45, 2.75) is 19.4 Å². The number of halogens is 2. The summed E-state index contributed by atoms with van der Waals surface area (Å²) in [5, 5.41) is 6.92. The van der Waals surface area contributed by atoms with Gasteiger partial charge in [0.2, 0.25) is 11.8 Å². The summed E-state index contributed by atoms with van der Waals surface area (Å²) in [6, 6.07) is 1.84. The SMILES string of the molecule is CC1NC(=O)NC(=O)C1CC(=O)Nc1ccc(F)c(F)c1. The molecule has 2 rings (SSSR count). The predicted octanol–water partition coefficient (Wildman–Crippen LogP) is 1.14. The highest BCUT2D eigenvalue weighted by Crippen LogP contribution is 2.17. The summed E-state index contributed by atoms with van der Waals surface area (Å²) in [7, 11) is 0. The molecule has 4 amide bonds. The largest absolute Gasteiger partial charge is 0.335 e. The molecule has 1 fully saturated rings. The monoisotopic (exact) mass is 297 g/mol. The number of urea groups is 1. The Morgan fingerprint density at radius 2 is 2.00 bits per heavy atom. The lowest BCUT2D eigenvalue weighted by atomic mass is 9.94. The number of anilines is 1. The van der Waals surface area contributed by atoms with Crippen LogP contribution in [-0.4, -0.2) is 23.9 Å². The Morgan fingerprint density at radius 3 is 2.62 bits per heavy atom. The average Bonchev–Trinajstić information content (AvgIpc) is 2.38. The van der Waals surface area contributed by atoms with E-state index in [9.17, 15) is 23.2 Å². The van der Waals surface area contributed by atoms with Crippen LogP contribution in [0.3, 0.4) is 0 Å². The van der Waals surface area contributed by atoms with E-state index >= 15 is 0 Å². The summed E-state index contributed by atoms with van der Waals surface area (Å²) >= 11 is 0. The summed E-state index contributed by atoms with van der Waals surface area (Å²) in [5.41, 5.74) is 0.0896. The predicted molar refractivity (Wildman–Crippen MR) is 69.2 cm³/mol. The van der Waals surface area contributed by atoms with Crippen LogP contribution in [0.1, 0.15) is 13.3 Å². The number of hydrogen-bond acceptors (Lipinski definition) is 3. The van der Waals surface area contributed by atoms with Gasteiger partial charge in [0.25, 0.3) is 0 Å². The van der Waals surface area contributed by atoms with Crippen molar-refractivity contribution in [3.05, 3.63) is 29.8 Å². The highest BCUT2D eigenvalue weighted by atomic mass is 19.2. The molecule has 1 saturated heterocycles. The van der Waals surface area contributed by atoms with Gasteiger partial charge in [0.1, 0.15) is 0 Å². The highest BCUT2D eigenvalue weighted by molar-refractivity contribution is 6.01. The summed E-state index contributed by atoms with van der Waals surface area (Å²) in [5.74, 6) is -3.91. The Bertz CT molecular complexity index is 606. The second-order valence-electron chi connectivity index (χ2n) is 4.74. The van der Waals surface area contributed by atoms with E-state index in [0.717, 1.165) is 12.1 Å². The van der Waals surface area contributed by atoms with Crippen LogP contribution in [0.15, 0.2) is 18.2 Å². The summed E-state index contributed by atoms with van der Waals surface area (Å²) in [6.45, 7) is 1.60. The topological polar surface area (TPSA) is 87.3 Å². The van der Waals surface area contributed by atoms with E-state index < -0.39 is 41.4 Å². The third-order valence-corrected chi connectivity index (χ3v) is 3.14. The minimum absolute atomic E-state index is 0.0896. The summed E-state index contributed by atoms with van der Waals surface area (Å²) in [6.07, 6.45) is -0.188. The third-order valence-electron chi connectivity index (χ3n) is 3.14. The fraction of sp³-hybridized carbons (Fsp3) is 0.308. The van der Waals surface area contributed by atoms with Crippen LogP contribution in [0.25, 0.3) is 0 Å². The fourth-order valence-electron chi connectivity index (χ4n) is 2.03. The molecule has 6 nitrogen and oxygen atoms in total. The van der Waals surface area contributed by atoms with E-state index in [0.29, 0.717) is 0 Å². The molecule has 2 unspecified atom stereocenters. The van der Waals surface area contributed by atoms with Gasteiger partial charge < -0.3 is 10.6 Å². The molecule has 2 atom stereocenters. The number of hydrogen-bond donors (Lipinski definition) is 3. The van der Waals surface area contributed by atoms with Crippen LogP contribution in [0.2, 0.25) is 0 Å². The van der Waals surface area contributed by atoms with Crippen LogP contribution in [0, 0.1) is 17.6 Å². The maximum absolute atomic E-state index is 13.0. The zero-order valence-electron chi connectivity index (χ0n) is 11.1. The van der Waals surface area contributed by atoms with Gasteiger partial charge in [-0.05, 0) is 19.1 Å². The van der Waals surface area contributed by atoms with Gasteiger partial charge in [-0.15, -0.1) is 0 Å². The Kier molecular flexibility index (Phi) is 4.15. The van der Waals surface area contributed by atoms with E-state index in [1.807, 2.05) is 0 Å². The van der Waals surface area contributed by atoms with Gasteiger partial charge in [0, 0.05) is 24.2 Å². The Hall–Kier alpha value is -2.51. The number of carbonyl (C=O) groups is 3. The molecule has 0 radical (unpaired) electrons. The van der Waals surface area contributed by atoms with Crippen LogP contribution < -0.4 is 16.0 Å². The van der Waals surface area contributed by atoms with Crippen molar-refractivity contribution < 1.29 is 23.2 Å². The van der Waals surface area contributed by atoms with Crippen molar-refractivity contribution in [2.75, 3.05) is 5.32 Å². The molecule has 1 aromatic carbocycles. The number of amides is 4. The molecule has 21 heavy (non-hydrogen) atoms. The number of benzene rings is 1. The van der Waals surface area contributed by atoms with Crippen LogP contribution in [0.5, 0.6) is 0 Å². The minimum Gasteiger partial charge on any atom is -0.335 e. The first-order chi connectivity index (χ1) is 9.86. The number of carbonyl (C=O) groups excluding carboxylic acids is 3. The molecule has 0 aliphatic carbocycles. The second-order valence-corrected chi connectivity index (χ2v) is 4.74. The van der Waals surface area contributed by atoms with Gasteiger partial charge in [-0.3, -0.25) is 14.9 Å². The van der Waals surface area contributed by atoms with Crippen LogP contribution >= 0.6 is 0 Å². The molecule has 1 aromatic rings. The van der Waals surface area contributed by atoms with Crippen molar-refractivity contribution in [2.24, 2.45) is 5.92 Å². The average molecular weight is 297 g/mol. The molecule has 112 valence electrons. The number of nitrogens with one attached hydrogen (secondary N) is 3. The third kappa shape index (κ3) is 3.53. The molecule has 1 heterocycles. The maximum Gasteiger partial charge on any atom is 0.321 e. The van der Waals surface area contributed by atoms with Crippen molar-refractivity contribution in [1.29, 1.82) is 0 Å². The maximum atomic E-state index is 13.0. The molecule has 0 spiro atoms. The van der Waals surface area contributed by atoms with E-state index in [2.05, 4.69) is 16.0 Å². The Labute approximate surface area is 118 Å². The highest BCUT2D eigenvalue weighted by Gasteiger charge is 2.34. The van der Waals surface area contributed by atoms with E-state index in [1.165, 1.54) is 6.07 Å². The lowest BCUT2D eigenvalue weighted by Gasteiger charge is -2.28. The van der Waals surface area contributed by atoms with Crippen molar-refractivity contribution >= 4 is 23.5 Å². The number of imide groups is 1. The first-order valence-corrected chi connectivity index (χ1v) is 6.23. The van der Waals surface area contributed by atoms with E-state index in [-0.39, 0.29) is 12.1 Å². The first-order valence-electron chi connectivity index (χ1n) is 6.23. The zero-order chi connectivity index (χ0) is 15.6. The molecule has 1 aliphatic heterocycles. The first kappa shape index (κ1) is 14.9. The zero-order valence-corrected chi connectivity index (χ0v) is 11.1. The number of rotatable bonds is 3. The fourth-order valence-corrected chi connectivity index (χ4v) is 2.03. The molecular formula is C13H13F2N3O3. The van der Waals surface area contributed by atoms with Crippen molar-refractivity contribution in [1.82, 2.24) is 10.6 Å². The summed E-state index contributed by atoms with van der Waals surface area (Å²) in [4.78, 5) is 34.5. The van der Waals surface area contributed by atoms with Gasteiger partial charge in [0.15, 0.2) is 11.6 Å². The molecular weight excluding hydrogens is 284 g/mol. The van der Waals surface area contributed by atoms with Gasteiger partial charge in [-0.1, -0.05) is 0 Å². The molecule has 0 bridgehead atoms. The van der Waals surface area contributed by atoms with Crippen molar-refractivity contribution in [3.63, 3.8) is 0 Å². The molecule has 8 heteroatoms. The molecule has 3 N–H and O–H groups in total. The minimum atomic E-state index is -1.08. The van der Waals surface area contributed by atoms with E-state index in [4.69, 9.17) is 0 Å². The second kappa shape index (κ2) is 5.86. The quantitative estimate of drug-likeness (QED) is 0.781. The molecule has 1 aliphatic rings. The van der Waals surface area contributed by atoms with Gasteiger partial charge in [0.05, 0.1) is 5.92 Å². The lowest BCUT2D eigenvalue weighted by molar-refractivity contribution is -0.129. The van der Waals surface area contributed by atoms with Crippen molar-refractivity contribution in [3.8, 4) is 0 Å². The Balaban J connectivity index is 1.99. The van der Waals surface area contributed by atoms with E-state index in [1.54, 1.807) is 6.92 Å². The van der Waals surface area contributed by atoms with Gasteiger partial charge >= 0.3 is 6.03 Å². The molecule has 0 aromatic heterocycles. The van der Waals surface area contributed by atoms with Gasteiger partial charge in [-0.2, -0.15) is 0 Å². The standard InChI is InChI=1S/C13H13F2N3O3/c1-6-8(12(20)18-13(21)16-6)5-11(19)17-7-2-3-9(14)10(15)4-7/h2-4,6,8H,5H2,1H3,(H,17,19)(H2,16,18,20,21). The van der Waals surface area contributed by atoms with Gasteiger partial charge in [-0.25, -0.2) is 13.6 Å². The molecule has 0 saturated carbocycles. The van der Waals surface area contributed by atoms with Crippen LogP contribution in [0.4, 0.5) is 19.3 Å². The van der Waals surface area contributed by atoms with Crippen LogP contribution in [-0.2, 0) is 9.59 Å².